The SMILES string of the molecule is CC(N)CCON.Cl.Cl. The van der Waals surface area contributed by atoms with E-state index in [9.17, 15) is 0 Å². The van der Waals surface area contributed by atoms with Crippen LogP contribution in [-0.4, -0.2) is 12.6 Å². The van der Waals surface area contributed by atoms with Crippen molar-refractivity contribution in [1.29, 1.82) is 0 Å². The number of rotatable bonds is 3. The van der Waals surface area contributed by atoms with Crippen LogP contribution < -0.4 is 11.6 Å². The molecule has 5 heteroatoms. The van der Waals surface area contributed by atoms with E-state index >= 15 is 0 Å². The van der Waals surface area contributed by atoms with Gasteiger partial charge in [0.15, 0.2) is 0 Å². The van der Waals surface area contributed by atoms with Crippen LogP contribution in [0.4, 0.5) is 0 Å². The van der Waals surface area contributed by atoms with E-state index in [4.69, 9.17) is 11.6 Å². The third kappa shape index (κ3) is 17.7. The lowest BCUT2D eigenvalue weighted by molar-refractivity contribution is 0.131. The highest BCUT2D eigenvalue weighted by atomic mass is 35.5. The van der Waals surface area contributed by atoms with Gasteiger partial charge in [0.25, 0.3) is 0 Å². The van der Waals surface area contributed by atoms with Gasteiger partial charge in [-0.25, -0.2) is 5.90 Å². The van der Waals surface area contributed by atoms with Gasteiger partial charge in [0, 0.05) is 6.04 Å². The van der Waals surface area contributed by atoms with Crippen molar-refractivity contribution in [2.24, 2.45) is 11.6 Å². The minimum Gasteiger partial charge on any atom is -0.328 e. The maximum Gasteiger partial charge on any atom is 0.0693 e. The van der Waals surface area contributed by atoms with Crippen molar-refractivity contribution in [1.82, 2.24) is 0 Å². The molecule has 0 radical (unpaired) electrons. The average molecular weight is 177 g/mol. The van der Waals surface area contributed by atoms with E-state index in [1.807, 2.05) is 6.92 Å². The van der Waals surface area contributed by atoms with E-state index in [0.717, 1.165) is 6.42 Å². The second-order valence-electron chi connectivity index (χ2n) is 1.64. The highest BCUT2D eigenvalue weighted by Crippen LogP contribution is 1.82. The van der Waals surface area contributed by atoms with Gasteiger partial charge in [0.1, 0.15) is 0 Å². The smallest absolute Gasteiger partial charge is 0.0693 e. The lowest BCUT2D eigenvalue weighted by Crippen LogP contribution is -2.18. The van der Waals surface area contributed by atoms with Crippen LogP contribution in [-0.2, 0) is 4.84 Å². The normalized spacial score (nSPS) is 11.0. The second kappa shape index (κ2) is 11.3. The molecule has 0 aromatic rings. The second-order valence-corrected chi connectivity index (χ2v) is 1.64. The fourth-order valence-electron chi connectivity index (χ4n) is 0.254. The zero-order chi connectivity index (χ0) is 5.70. The predicted octanol–water partition coefficient (Wildman–Crippen LogP) is 0.458. The number of hydrogen-bond acceptors (Lipinski definition) is 3. The van der Waals surface area contributed by atoms with E-state index in [-0.39, 0.29) is 30.9 Å². The van der Waals surface area contributed by atoms with Crippen molar-refractivity contribution in [2.45, 2.75) is 19.4 Å². The average Bonchev–Trinajstić information content (AvgIpc) is 1.61. The molecule has 0 aliphatic heterocycles. The summed E-state index contributed by atoms with van der Waals surface area (Å²) in [6.07, 6.45) is 0.830. The minimum atomic E-state index is 0. The van der Waals surface area contributed by atoms with Crippen molar-refractivity contribution in [2.75, 3.05) is 6.61 Å². The molecule has 4 N–H and O–H groups in total. The molecular weight excluding hydrogens is 163 g/mol. The van der Waals surface area contributed by atoms with Crippen LogP contribution in [0.25, 0.3) is 0 Å². The van der Waals surface area contributed by atoms with Gasteiger partial charge >= 0.3 is 0 Å². The van der Waals surface area contributed by atoms with Crippen LogP contribution in [0.5, 0.6) is 0 Å². The summed E-state index contributed by atoms with van der Waals surface area (Å²) in [5.74, 6) is 4.72. The van der Waals surface area contributed by atoms with Crippen molar-refractivity contribution in [3.05, 3.63) is 0 Å². The molecule has 0 aromatic heterocycles. The summed E-state index contributed by atoms with van der Waals surface area (Å²) in [5, 5.41) is 0. The van der Waals surface area contributed by atoms with Gasteiger partial charge in [0.05, 0.1) is 6.61 Å². The van der Waals surface area contributed by atoms with Crippen LogP contribution in [0.2, 0.25) is 0 Å². The van der Waals surface area contributed by atoms with Gasteiger partial charge in [-0.05, 0) is 13.3 Å². The van der Waals surface area contributed by atoms with Gasteiger partial charge in [-0.3, -0.25) is 0 Å². The van der Waals surface area contributed by atoms with Crippen molar-refractivity contribution < 1.29 is 4.84 Å². The summed E-state index contributed by atoms with van der Waals surface area (Å²) in [6.45, 7) is 2.47. The van der Waals surface area contributed by atoms with Gasteiger partial charge in [-0.15, -0.1) is 24.8 Å². The quantitative estimate of drug-likeness (QED) is 0.615. The Kier molecular flexibility index (Phi) is 20.3. The van der Waals surface area contributed by atoms with Crippen LogP contribution in [0.1, 0.15) is 13.3 Å². The lowest BCUT2D eigenvalue weighted by atomic mass is 10.3. The molecule has 0 rings (SSSR count). The zero-order valence-corrected chi connectivity index (χ0v) is 7.00. The first kappa shape index (κ1) is 16.2. The fraction of sp³-hybridized carbons (Fsp3) is 1.00. The summed E-state index contributed by atoms with van der Waals surface area (Å²) in [4.78, 5) is 4.27. The summed E-state index contributed by atoms with van der Waals surface area (Å²) in [7, 11) is 0. The molecule has 0 aliphatic rings. The van der Waals surface area contributed by atoms with E-state index in [1.165, 1.54) is 0 Å². The van der Waals surface area contributed by atoms with Crippen LogP contribution in [0.15, 0.2) is 0 Å². The van der Waals surface area contributed by atoms with E-state index < -0.39 is 0 Å². The van der Waals surface area contributed by atoms with Crippen molar-refractivity contribution in [3.63, 3.8) is 0 Å². The Morgan fingerprint density at radius 3 is 2.00 bits per heavy atom. The molecule has 0 saturated carbocycles. The van der Waals surface area contributed by atoms with E-state index in [2.05, 4.69) is 4.84 Å². The van der Waals surface area contributed by atoms with Gasteiger partial charge < -0.3 is 10.6 Å². The monoisotopic (exact) mass is 176 g/mol. The maximum atomic E-state index is 5.34. The Balaban J connectivity index is -0.000000180. The summed E-state index contributed by atoms with van der Waals surface area (Å²) in [6, 6.07) is 0.198. The zero-order valence-electron chi connectivity index (χ0n) is 5.37. The van der Waals surface area contributed by atoms with Crippen LogP contribution >= 0.6 is 24.8 Å². The molecule has 3 nitrogen and oxygen atoms in total. The molecule has 0 aromatic carbocycles. The first-order valence-corrected chi connectivity index (χ1v) is 2.34. The standard InChI is InChI=1S/C4H12N2O.2ClH/c1-4(5)2-3-7-6;;/h4H,2-3,5-6H2,1H3;2*1H. The Morgan fingerprint density at radius 1 is 1.44 bits per heavy atom. The third-order valence-electron chi connectivity index (χ3n) is 0.691. The van der Waals surface area contributed by atoms with Crippen LogP contribution in [0, 0.1) is 0 Å². The molecule has 0 bridgehead atoms. The maximum absolute atomic E-state index is 5.34. The largest absolute Gasteiger partial charge is 0.328 e. The molecule has 60 valence electrons. The van der Waals surface area contributed by atoms with E-state index in [1.54, 1.807) is 0 Å². The summed E-state index contributed by atoms with van der Waals surface area (Å²) in [5.41, 5.74) is 5.34. The highest BCUT2D eigenvalue weighted by molar-refractivity contribution is 5.85. The molecular formula is C4H14Cl2N2O. The molecule has 1 unspecified atom stereocenters. The molecule has 0 fully saturated rings. The first-order valence-electron chi connectivity index (χ1n) is 2.34. The van der Waals surface area contributed by atoms with Gasteiger partial charge in [-0.1, -0.05) is 0 Å². The van der Waals surface area contributed by atoms with Gasteiger partial charge in [-0.2, -0.15) is 0 Å². The van der Waals surface area contributed by atoms with Crippen molar-refractivity contribution in [3.8, 4) is 0 Å². The third-order valence-corrected chi connectivity index (χ3v) is 0.691. The Hall–Kier alpha value is 0.460. The highest BCUT2D eigenvalue weighted by Gasteiger charge is 1.89. The Morgan fingerprint density at radius 2 is 1.89 bits per heavy atom. The molecule has 1 atom stereocenters. The van der Waals surface area contributed by atoms with Gasteiger partial charge in [0.2, 0.25) is 0 Å². The minimum absolute atomic E-state index is 0. The molecule has 0 amide bonds. The van der Waals surface area contributed by atoms with Crippen molar-refractivity contribution >= 4 is 24.8 Å². The van der Waals surface area contributed by atoms with Crippen LogP contribution in [0.3, 0.4) is 0 Å². The first-order chi connectivity index (χ1) is 3.27. The Labute approximate surface area is 67.9 Å². The topological polar surface area (TPSA) is 61.3 Å². The number of nitrogens with two attached hydrogens (primary N) is 2. The summed E-state index contributed by atoms with van der Waals surface area (Å²) < 4.78 is 0. The Bertz CT molecular complexity index is 45.5. The molecule has 9 heavy (non-hydrogen) atoms. The number of hydrogen-bond donors (Lipinski definition) is 2. The molecule has 0 spiro atoms. The fourth-order valence-corrected chi connectivity index (χ4v) is 0.254. The molecule has 0 aliphatic carbocycles. The number of halogens is 2. The lowest BCUT2D eigenvalue weighted by Gasteiger charge is -1.99. The molecule has 0 saturated heterocycles. The predicted molar refractivity (Wildman–Crippen MR) is 42.9 cm³/mol. The summed E-state index contributed by atoms with van der Waals surface area (Å²) >= 11 is 0. The van der Waals surface area contributed by atoms with E-state index in [0.29, 0.717) is 6.61 Å². The molecule has 0 heterocycles.